The third-order valence-corrected chi connectivity index (χ3v) is 2.38. The van der Waals surface area contributed by atoms with Crippen molar-refractivity contribution in [2.24, 2.45) is 11.1 Å². The molecule has 60 valence electrons. The molecule has 0 aromatic heterocycles. The number of hydrogen-bond acceptors (Lipinski definition) is 2. The molecule has 2 heteroatoms. The summed E-state index contributed by atoms with van der Waals surface area (Å²) < 4.78 is 5.42. The Labute approximate surface area is 62.7 Å². The Bertz CT molecular complexity index is 116. The summed E-state index contributed by atoms with van der Waals surface area (Å²) >= 11 is 0. The predicted molar refractivity (Wildman–Crippen MR) is 41.8 cm³/mol. The molecular weight excluding hydrogens is 126 g/mol. The molecule has 1 aliphatic rings. The minimum Gasteiger partial charge on any atom is -0.378 e. The van der Waals surface area contributed by atoms with Crippen LogP contribution in [-0.4, -0.2) is 19.3 Å². The molecule has 2 nitrogen and oxygen atoms in total. The van der Waals surface area contributed by atoms with E-state index in [4.69, 9.17) is 10.5 Å². The Hall–Kier alpha value is -0.0800. The van der Waals surface area contributed by atoms with Crippen molar-refractivity contribution in [2.45, 2.75) is 32.8 Å². The largest absolute Gasteiger partial charge is 0.378 e. The van der Waals surface area contributed by atoms with Crippen molar-refractivity contribution in [3.05, 3.63) is 0 Å². The lowest BCUT2D eigenvalue weighted by Crippen LogP contribution is -2.37. The molecule has 1 heterocycles. The number of nitrogens with two attached hydrogens (primary N) is 1. The van der Waals surface area contributed by atoms with E-state index in [1.54, 1.807) is 0 Å². The fourth-order valence-electron chi connectivity index (χ4n) is 1.55. The SMILES string of the molecule is C[C@@H]1C[C@](C)(CN)CCO1. The third-order valence-electron chi connectivity index (χ3n) is 2.38. The van der Waals surface area contributed by atoms with Crippen molar-refractivity contribution >= 4 is 0 Å². The van der Waals surface area contributed by atoms with E-state index in [-0.39, 0.29) is 0 Å². The average molecular weight is 143 g/mol. The van der Waals surface area contributed by atoms with E-state index < -0.39 is 0 Å². The van der Waals surface area contributed by atoms with E-state index in [0.29, 0.717) is 11.5 Å². The summed E-state index contributed by atoms with van der Waals surface area (Å²) in [5.41, 5.74) is 5.99. The molecular formula is C8H17NO. The van der Waals surface area contributed by atoms with Gasteiger partial charge in [-0.1, -0.05) is 6.92 Å². The first-order valence-electron chi connectivity index (χ1n) is 3.98. The predicted octanol–water partition coefficient (Wildman–Crippen LogP) is 1.15. The summed E-state index contributed by atoms with van der Waals surface area (Å²) in [7, 11) is 0. The summed E-state index contributed by atoms with van der Waals surface area (Å²) in [4.78, 5) is 0. The van der Waals surface area contributed by atoms with Gasteiger partial charge in [0.25, 0.3) is 0 Å². The van der Waals surface area contributed by atoms with Crippen LogP contribution in [0.4, 0.5) is 0 Å². The van der Waals surface area contributed by atoms with Crippen LogP contribution in [0, 0.1) is 5.41 Å². The van der Waals surface area contributed by atoms with E-state index in [0.717, 1.165) is 26.0 Å². The van der Waals surface area contributed by atoms with Crippen molar-refractivity contribution in [3.63, 3.8) is 0 Å². The fraction of sp³-hybridized carbons (Fsp3) is 1.00. The summed E-state index contributed by atoms with van der Waals surface area (Å²) in [6.45, 7) is 6.04. The highest BCUT2D eigenvalue weighted by molar-refractivity contribution is 4.80. The zero-order valence-corrected chi connectivity index (χ0v) is 6.89. The molecule has 0 aromatic rings. The van der Waals surface area contributed by atoms with E-state index >= 15 is 0 Å². The molecule has 0 bridgehead atoms. The van der Waals surface area contributed by atoms with Gasteiger partial charge in [0, 0.05) is 6.61 Å². The van der Waals surface area contributed by atoms with E-state index in [9.17, 15) is 0 Å². The highest BCUT2D eigenvalue weighted by Gasteiger charge is 2.29. The second-order valence-corrected chi connectivity index (χ2v) is 3.65. The number of ether oxygens (including phenoxy) is 1. The van der Waals surface area contributed by atoms with Gasteiger partial charge in [0.15, 0.2) is 0 Å². The molecule has 1 rings (SSSR count). The van der Waals surface area contributed by atoms with Crippen molar-refractivity contribution in [1.82, 2.24) is 0 Å². The molecule has 2 atom stereocenters. The van der Waals surface area contributed by atoms with Crippen molar-refractivity contribution in [3.8, 4) is 0 Å². The molecule has 0 amide bonds. The lowest BCUT2D eigenvalue weighted by Gasteiger charge is -2.35. The first-order chi connectivity index (χ1) is 4.66. The Morgan fingerprint density at radius 3 is 2.80 bits per heavy atom. The van der Waals surface area contributed by atoms with Gasteiger partial charge in [-0.15, -0.1) is 0 Å². The van der Waals surface area contributed by atoms with Crippen LogP contribution in [0.2, 0.25) is 0 Å². The van der Waals surface area contributed by atoms with Crippen molar-refractivity contribution in [1.29, 1.82) is 0 Å². The number of hydrogen-bond donors (Lipinski definition) is 1. The highest BCUT2D eigenvalue weighted by atomic mass is 16.5. The van der Waals surface area contributed by atoms with Crippen LogP contribution in [-0.2, 0) is 4.74 Å². The monoisotopic (exact) mass is 143 g/mol. The maximum Gasteiger partial charge on any atom is 0.0552 e. The fourth-order valence-corrected chi connectivity index (χ4v) is 1.55. The highest BCUT2D eigenvalue weighted by Crippen LogP contribution is 2.31. The topological polar surface area (TPSA) is 35.2 Å². The zero-order valence-electron chi connectivity index (χ0n) is 6.89. The average Bonchev–Trinajstić information content (AvgIpc) is 1.88. The molecule has 10 heavy (non-hydrogen) atoms. The Morgan fingerprint density at radius 1 is 1.70 bits per heavy atom. The van der Waals surface area contributed by atoms with Gasteiger partial charge in [-0.25, -0.2) is 0 Å². The molecule has 1 aliphatic heterocycles. The molecule has 0 spiro atoms. The van der Waals surface area contributed by atoms with Gasteiger partial charge in [0.2, 0.25) is 0 Å². The Morgan fingerprint density at radius 2 is 2.40 bits per heavy atom. The standard InChI is InChI=1S/C8H17NO/c1-7-5-8(2,6-9)3-4-10-7/h7H,3-6,9H2,1-2H3/t7-,8-/m1/s1. The summed E-state index contributed by atoms with van der Waals surface area (Å²) in [6, 6.07) is 0. The first kappa shape index (κ1) is 8.02. The normalized spacial score (nSPS) is 41.7. The van der Waals surface area contributed by atoms with E-state index in [1.807, 2.05) is 0 Å². The van der Waals surface area contributed by atoms with Crippen LogP contribution in [0.1, 0.15) is 26.7 Å². The first-order valence-corrected chi connectivity index (χ1v) is 3.98. The van der Waals surface area contributed by atoms with Crippen LogP contribution in [0.15, 0.2) is 0 Å². The molecule has 0 radical (unpaired) electrons. The van der Waals surface area contributed by atoms with Crippen LogP contribution in [0.5, 0.6) is 0 Å². The maximum absolute atomic E-state index is 5.64. The molecule has 2 N–H and O–H groups in total. The maximum atomic E-state index is 5.64. The minimum absolute atomic E-state index is 0.345. The van der Waals surface area contributed by atoms with Gasteiger partial charge < -0.3 is 10.5 Å². The summed E-state index contributed by atoms with van der Waals surface area (Å²) in [5, 5.41) is 0. The van der Waals surface area contributed by atoms with Gasteiger partial charge in [0.05, 0.1) is 6.10 Å². The van der Waals surface area contributed by atoms with Crippen molar-refractivity contribution in [2.75, 3.05) is 13.2 Å². The van der Waals surface area contributed by atoms with Crippen LogP contribution < -0.4 is 5.73 Å². The molecule has 0 unspecified atom stereocenters. The van der Waals surface area contributed by atoms with Gasteiger partial charge >= 0.3 is 0 Å². The van der Waals surface area contributed by atoms with Crippen molar-refractivity contribution < 1.29 is 4.74 Å². The molecule has 0 aliphatic carbocycles. The van der Waals surface area contributed by atoms with Gasteiger partial charge in [-0.05, 0) is 31.7 Å². The second-order valence-electron chi connectivity index (χ2n) is 3.65. The summed E-state index contributed by atoms with van der Waals surface area (Å²) in [5.74, 6) is 0. The van der Waals surface area contributed by atoms with Gasteiger partial charge in [-0.3, -0.25) is 0 Å². The molecule has 1 saturated heterocycles. The zero-order chi connectivity index (χ0) is 7.61. The molecule has 0 aromatic carbocycles. The molecule has 0 saturated carbocycles. The van der Waals surface area contributed by atoms with Crippen LogP contribution in [0.25, 0.3) is 0 Å². The minimum atomic E-state index is 0.345. The Kier molecular flexibility index (Phi) is 2.32. The van der Waals surface area contributed by atoms with Crippen LogP contribution in [0.3, 0.4) is 0 Å². The quantitative estimate of drug-likeness (QED) is 0.597. The second kappa shape index (κ2) is 2.89. The molecule has 1 fully saturated rings. The third kappa shape index (κ3) is 1.70. The lowest BCUT2D eigenvalue weighted by molar-refractivity contribution is -0.0286. The van der Waals surface area contributed by atoms with Gasteiger partial charge in [-0.2, -0.15) is 0 Å². The van der Waals surface area contributed by atoms with Gasteiger partial charge in [0.1, 0.15) is 0 Å². The summed E-state index contributed by atoms with van der Waals surface area (Å²) in [6.07, 6.45) is 2.64. The van der Waals surface area contributed by atoms with E-state index in [2.05, 4.69) is 13.8 Å². The number of rotatable bonds is 1. The lowest BCUT2D eigenvalue weighted by atomic mass is 9.80. The van der Waals surface area contributed by atoms with Crippen LogP contribution >= 0.6 is 0 Å². The smallest absolute Gasteiger partial charge is 0.0552 e. The van der Waals surface area contributed by atoms with E-state index in [1.165, 1.54) is 0 Å². The Balaban J connectivity index is 2.45.